The number of carbonyl (C=O) groups excluding carboxylic acids is 1. The van der Waals surface area contributed by atoms with Crippen LogP contribution in [0.3, 0.4) is 0 Å². The van der Waals surface area contributed by atoms with Gasteiger partial charge in [-0.2, -0.15) is 0 Å². The molecular formula is C20H19N3O6. The first-order chi connectivity index (χ1) is 13.9. The van der Waals surface area contributed by atoms with E-state index in [1.165, 1.54) is 0 Å². The summed E-state index contributed by atoms with van der Waals surface area (Å²) in [7, 11) is 0. The standard InChI is InChI=1S/C20H19N3O6/c24-8-7-21-19(27)17-15(25)5-6-16(26)18(17)23-14(20(28)29)9-11-10-22-13-4-2-1-3-12(11)13/h1-6,10,22,24-26H,7-9H2,(H,21,27)(H,28,29). The van der Waals surface area contributed by atoms with Crippen LogP contribution < -0.4 is 5.32 Å². The van der Waals surface area contributed by atoms with Crippen molar-refractivity contribution in [2.45, 2.75) is 6.42 Å². The monoisotopic (exact) mass is 397 g/mol. The Morgan fingerprint density at radius 1 is 1.07 bits per heavy atom. The number of hydrogen-bond acceptors (Lipinski definition) is 6. The third-order valence-corrected chi connectivity index (χ3v) is 4.29. The van der Waals surface area contributed by atoms with E-state index in [4.69, 9.17) is 5.11 Å². The average molecular weight is 397 g/mol. The van der Waals surface area contributed by atoms with Gasteiger partial charge in [-0.05, 0) is 23.8 Å². The highest BCUT2D eigenvalue weighted by atomic mass is 16.4. The van der Waals surface area contributed by atoms with Crippen LogP contribution in [0.15, 0.2) is 47.6 Å². The lowest BCUT2D eigenvalue weighted by Gasteiger charge is -2.11. The predicted molar refractivity (Wildman–Crippen MR) is 106 cm³/mol. The second-order valence-corrected chi connectivity index (χ2v) is 6.21. The third kappa shape index (κ3) is 4.19. The number of H-pyrrole nitrogens is 1. The molecular weight excluding hydrogens is 378 g/mol. The van der Waals surface area contributed by atoms with Crippen LogP contribution in [0.1, 0.15) is 15.9 Å². The number of carboxylic acid groups (broad SMARTS) is 1. The van der Waals surface area contributed by atoms with Crippen molar-refractivity contribution in [1.29, 1.82) is 0 Å². The number of carboxylic acids is 1. The molecule has 0 saturated carbocycles. The van der Waals surface area contributed by atoms with Gasteiger partial charge >= 0.3 is 5.97 Å². The quantitative estimate of drug-likeness (QED) is 0.263. The molecule has 2 aromatic carbocycles. The van der Waals surface area contributed by atoms with Crippen LogP contribution >= 0.6 is 0 Å². The zero-order valence-electron chi connectivity index (χ0n) is 15.2. The molecule has 3 aromatic rings. The second-order valence-electron chi connectivity index (χ2n) is 6.21. The Bertz CT molecular complexity index is 1100. The van der Waals surface area contributed by atoms with Gasteiger partial charge in [-0.1, -0.05) is 18.2 Å². The molecule has 0 aliphatic rings. The van der Waals surface area contributed by atoms with Gasteiger partial charge in [0, 0.05) is 30.1 Å². The molecule has 0 aliphatic heterocycles. The average Bonchev–Trinajstić information content (AvgIpc) is 3.11. The Kier molecular flexibility index (Phi) is 5.79. The fourth-order valence-electron chi connectivity index (χ4n) is 2.92. The number of aliphatic carboxylic acids is 1. The lowest BCUT2D eigenvalue weighted by molar-refractivity contribution is -0.129. The molecule has 1 amide bonds. The maximum absolute atomic E-state index is 12.3. The molecule has 3 rings (SSSR count). The third-order valence-electron chi connectivity index (χ3n) is 4.29. The summed E-state index contributed by atoms with van der Waals surface area (Å²) in [5, 5.41) is 41.9. The van der Waals surface area contributed by atoms with Gasteiger partial charge in [-0.25, -0.2) is 9.79 Å². The Morgan fingerprint density at radius 2 is 1.79 bits per heavy atom. The number of aliphatic imine (C=N–C) groups is 1. The van der Waals surface area contributed by atoms with Crippen LogP contribution in [-0.2, 0) is 11.2 Å². The van der Waals surface area contributed by atoms with Gasteiger partial charge in [-0.3, -0.25) is 4.79 Å². The van der Waals surface area contributed by atoms with Gasteiger partial charge in [0.1, 0.15) is 28.5 Å². The molecule has 1 aromatic heterocycles. The lowest BCUT2D eigenvalue weighted by atomic mass is 10.1. The number of hydrogen-bond donors (Lipinski definition) is 6. The van der Waals surface area contributed by atoms with E-state index in [9.17, 15) is 24.9 Å². The summed E-state index contributed by atoms with van der Waals surface area (Å²) in [6.07, 6.45) is 1.59. The number of aliphatic hydroxyl groups is 1. The number of nitrogens with one attached hydrogen (secondary N) is 2. The van der Waals surface area contributed by atoms with E-state index in [-0.39, 0.29) is 36.5 Å². The summed E-state index contributed by atoms with van der Waals surface area (Å²) in [6.45, 7) is -0.414. The number of phenols is 2. The van der Waals surface area contributed by atoms with Gasteiger partial charge in [0.2, 0.25) is 0 Å². The van der Waals surface area contributed by atoms with Crippen molar-refractivity contribution in [3.63, 3.8) is 0 Å². The Hall–Kier alpha value is -3.85. The second kappa shape index (κ2) is 8.44. The molecule has 0 unspecified atom stereocenters. The number of para-hydroxylation sites is 1. The van der Waals surface area contributed by atoms with E-state index in [1.807, 2.05) is 24.3 Å². The summed E-state index contributed by atoms with van der Waals surface area (Å²) >= 11 is 0. The molecule has 0 fully saturated rings. The van der Waals surface area contributed by atoms with Crippen molar-refractivity contribution < 1.29 is 30.0 Å². The molecule has 150 valence electrons. The van der Waals surface area contributed by atoms with E-state index in [0.717, 1.165) is 23.0 Å². The Balaban J connectivity index is 2.06. The first-order valence-electron chi connectivity index (χ1n) is 8.72. The van der Waals surface area contributed by atoms with Crippen molar-refractivity contribution >= 4 is 34.2 Å². The fraction of sp³-hybridized carbons (Fsp3) is 0.150. The van der Waals surface area contributed by atoms with Crippen molar-refractivity contribution in [3.8, 4) is 11.5 Å². The minimum Gasteiger partial charge on any atom is -0.507 e. The van der Waals surface area contributed by atoms with E-state index < -0.39 is 23.4 Å². The number of rotatable bonds is 7. The smallest absolute Gasteiger partial charge is 0.350 e. The normalized spacial score (nSPS) is 11.6. The minimum absolute atomic E-state index is 0.0772. The molecule has 0 spiro atoms. The van der Waals surface area contributed by atoms with Gasteiger partial charge in [0.25, 0.3) is 5.91 Å². The zero-order valence-corrected chi connectivity index (χ0v) is 15.2. The van der Waals surface area contributed by atoms with Gasteiger partial charge < -0.3 is 30.7 Å². The number of nitrogens with zero attached hydrogens (tertiary/aromatic N) is 1. The predicted octanol–water partition coefficient (Wildman–Crippen LogP) is 1.70. The number of phenolic OH excluding ortho intramolecular Hbond substituents is 2. The molecule has 0 aliphatic carbocycles. The Morgan fingerprint density at radius 3 is 2.52 bits per heavy atom. The van der Waals surface area contributed by atoms with Crippen molar-refractivity contribution in [3.05, 3.63) is 53.7 Å². The maximum Gasteiger partial charge on any atom is 0.350 e. The van der Waals surface area contributed by atoms with Crippen LogP contribution in [-0.4, -0.2) is 56.1 Å². The molecule has 1 heterocycles. The fourth-order valence-corrected chi connectivity index (χ4v) is 2.92. The highest BCUT2D eigenvalue weighted by Gasteiger charge is 2.22. The highest BCUT2D eigenvalue weighted by Crippen LogP contribution is 2.37. The minimum atomic E-state index is -1.33. The van der Waals surface area contributed by atoms with E-state index in [2.05, 4.69) is 15.3 Å². The van der Waals surface area contributed by atoms with Crippen molar-refractivity contribution in [2.24, 2.45) is 4.99 Å². The van der Waals surface area contributed by atoms with Crippen molar-refractivity contribution in [2.75, 3.05) is 13.2 Å². The molecule has 0 saturated heterocycles. The number of aromatic hydroxyl groups is 2. The maximum atomic E-state index is 12.3. The van der Waals surface area contributed by atoms with Crippen LogP contribution in [0, 0.1) is 0 Å². The van der Waals surface area contributed by atoms with Crippen LogP contribution in [0.2, 0.25) is 0 Å². The number of amides is 1. The molecule has 6 N–H and O–H groups in total. The summed E-state index contributed by atoms with van der Waals surface area (Å²) in [4.78, 5) is 31.2. The molecule has 0 atom stereocenters. The first kappa shape index (κ1) is 19.9. The zero-order chi connectivity index (χ0) is 21.0. The molecule has 0 bridgehead atoms. The topological polar surface area (TPSA) is 155 Å². The summed E-state index contributed by atoms with van der Waals surface area (Å²) in [5.74, 6) is -3.08. The van der Waals surface area contributed by atoms with Crippen LogP contribution in [0.5, 0.6) is 11.5 Å². The number of fused-ring (bicyclic) bond motifs is 1. The van der Waals surface area contributed by atoms with Crippen LogP contribution in [0.25, 0.3) is 10.9 Å². The number of aromatic amines is 1. The number of aliphatic hydroxyl groups excluding tert-OH is 1. The lowest BCUT2D eigenvalue weighted by Crippen LogP contribution is -2.26. The highest BCUT2D eigenvalue weighted by molar-refractivity contribution is 6.37. The SMILES string of the molecule is O=C(O)C(Cc1c[nH]c2ccccc12)=Nc1c(O)ccc(O)c1C(=O)NCCO. The van der Waals surface area contributed by atoms with Crippen molar-refractivity contribution in [1.82, 2.24) is 10.3 Å². The van der Waals surface area contributed by atoms with Crippen LogP contribution in [0.4, 0.5) is 5.69 Å². The summed E-state index contributed by atoms with van der Waals surface area (Å²) < 4.78 is 0. The molecule has 9 nitrogen and oxygen atoms in total. The molecule has 29 heavy (non-hydrogen) atoms. The van der Waals surface area contributed by atoms with Gasteiger partial charge in [-0.15, -0.1) is 0 Å². The molecule has 0 radical (unpaired) electrons. The number of aromatic nitrogens is 1. The number of carbonyl (C=O) groups is 2. The number of benzene rings is 2. The van der Waals surface area contributed by atoms with E-state index >= 15 is 0 Å². The Labute approximate surface area is 165 Å². The summed E-state index contributed by atoms with van der Waals surface area (Å²) in [6, 6.07) is 9.56. The largest absolute Gasteiger partial charge is 0.507 e. The summed E-state index contributed by atoms with van der Waals surface area (Å²) in [5.41, 5.74) is 0.435. The van der Waals surface area contributed by atoms with Gasteiger partial charge in [0.05, 0.1) is 6.61 Å². The first-order valence-corrected chi connectivity index (χ1v) is 8.72. The van der Waals surface area contributed by atoms with E-state index in [1.54, 1.807) is 6.20 Å². The molecule has 9 heteroatoms. The van der Waals surface area contributed by atoms with Gasteiger partial charge in [0.15, 0.2) is 0 Å². The van der Waals surface area contributed by atoms with E-state index in [0.29, 0.717) is 5.56 Å².